The molecule has 0 saturated carbocycles. The first-order valence-corrected chi connectivity index (χ1v) is 6.72. The van der Waals surface area contributed by atoms with Crippen LogP contribution in [0.4, 0.5) is 0 Å². The van der Waals surface area contributed by atoms with Gasteiger partial charge in [0.1, 0.15) is 5.69 Å². The summed E-state index contributed by atoms with van der Waals surface area (Å²) in [7, 11) is 0. The summed E-state index contributed by atoms with van der Waals surface area (Å²) in [4.78, 5) is 8.43. The van der Waals surface area contributed by atoms with Gasteiger partial charge in [-0.1, -0.05) is 35.3 Å². The number of nitrogens with zero attached hydrogens (tertiary/aromatic N) is 3. The van der Waals surface area contributed by atoms with Crippen molar-refractivity contribution in [3.63, 3.8) is 0 Å². The minimum atomic E-state index is 0.163. The van der Waals surface area contributed by atoms with Crippen LogP contribution < -0.4 is 5.73 Å². The standard InChI is InChI=1S/C12H14Cl2N4O/c1-7(3-2-4-15)12-17-11(18-19-12)10-9(14)5-8(13)6-16-10/h5-7H,2-4,15H2,1H3. The van der Waals surface area contributed by atoms with Crippen molar-refractivity contribution in [3.05, 3.63) is 28.2 Å². The topological polar surface area (TPSA) is 77.8 Å². The summed E-state index contributed by atoms with van der Waals surface area (Å²) >= 11 is 11.8. The highest BCUT2D eigenvalue weighted by molar-refractivity contribution is 6.35. The number of rotatable bonds is 5. The van der Waals surface area contributed by atoms with Gasteiger partial charge >= 0.3 is 0 Å². The summed E-state index contributed by atoms with van der Waals surface area (Å²) in [6.45, 7) is 2.67. The Morgan fingerprint density at radius 2 is 2.21 bits per heavy atom. The molecule has 2 N–H and O–H groups in total. The third-order valence-corrected chi connectivity index (χ3v) is 3.22. The second kappa shape index (κ2) is 6.32. The molecule has 0 saturated heterocycles. The molecule has 2 aromatic heterocycles. The highest BCUT2D eigenvalue weighted by atomic mass is 35.5. The lowest BCUT2D eigenvalue weighted by Gasteiger charge is -2.03. The van der Waals surface area contributed by atoms with E-state index in [1.807, 2.05) is 6.92 Å². The Labute approximate surface area is 121 Å². The maximum atomic E-state index is 6.05. The molecule has 102 valence electrons. The SMILES string of the molecule is CC(CCCN)c1nc(-c2ncc(Cl)cc2Cl)no1. The Balaban J connectivity index is 2.20. The van der Waals surface area contributed by atoms with Gasteiger partial charge in [0, 0.05) is 12.1 Å². The third-order valence-electron chi connectivity index (χ3n) is 2.72. The second-order valence-corrected chi connectivity index (χ2v) is 5.12. The minimum absolute atomic E-state index is 0.163. The number of aromatic nitrogens is 3. The monoisotopic (exact) mass is 300 g/mol. The molecular weight excluding hydrogens is 287 g/mol. The molecule has 0 bridgehead atoms. The van der Waals surface area contributed by atoms with Gasteiger partial charge < -0.3 is 10.3 Å². The summed E-state index contributed by atoms with van der Waals surface area (Å²) in [6.07, 6.45) is 3.31. The van der Waals surface area contributed by atoms with Crippen LogP contribution in [0.1, 0.15) is 31.6 Å². The Morgan fingerprint density at radius 1 is 1.42 bits per heavy atom. The van der Waals surface area contributed by atoms with E-state index in [2.05, 4.69) is 15.1 Å². The molecule has 7 heteroatoms. The van der Waals surface area contributed by atoms with E-state index >= 15 is 0 Å². The average Bonchev–Trinajstić information content (AvgIpc) is 2.85. The fraction of sp³-hybridized carbons (Fsp3) is 0.417. The van der Waals surface area contributed by atoms with Crippen molar-refractivity contribution in [3.8, 4) is 11.5 Å². The van der Waals surface area contributed by atoms with E-state index in [1.54, 1.807) is 6.07 Å². The maximum Gasteiger partial charge on any atom is 0.229 e. The first-order chi connectivity index (χ1) is 9.11. The molecular formula is C12H14Cl2N4O. The van der Waals surface area contributed by atoms with Crippen molar-refractivity contribution in [2.45, 2.75) is 25.7 Å². The second-order valence-electron chi connectivity index (χ2n) is 4.27. The molecule has 19 heavy (non-hydrogen) atoms. The molecule has 0 radical (unpaired) electrons. The van der Waals surface area contributed by atoms with Crippen LogP contribution in [0.5, 0.6) is 0 Å². The lowest BCUT2D eigenvalue weighted by molar-refractivity contribution is 0.352. The van der Waals surface area contributed by atoms with Crippen LogP contribution in [0.15, 0.2) is 16.8 Å². The van der Waals surface area contributed by atoms with Crippen LogP contribution >= 0.6 is 23.2 Å². The zero-order chi connectivity index (χ0) is 13.8. The minimum Gasteiger partial charge on any atom is -0.339 e. The largest absolute Gasteiger partial charge is 0.339 e. The number of hydrogen-bond donors (Lipinski definition) is 1. The van der Waals surface area contributed by atoms with Crippen molar-refractivity contribution in [1.29, 1.82) is 0 Å². The Kier molecular flexibility index (Phi) is 4.74. The highest BCUT2D eigenvalue weighted by Crippen LogP contribution is 2.27. The predicted molar refractivity (Wildman–Crippen MR) is 74.3 cm³/mol. The van der Waals surface area contributed by atoms with E-state index in [4.69, 9.17) is 33.5 Å². The van der Waals surface area contributed by atoms with E-state index in [1.165, 1.54) is 6.20 Å². The lowest BCUT2D eigenvalue weighted by Crippen LogP contribution is -2.02. The molecule has 0 aliphatic carbocycles. The van der Waals surface area contributed by atoms with Crippen molar-refractivity contribution >= 4 is 23.2 Å². The third kappa shape index (κ3) is 3.43. The van der Waals surface area contributed by atoms with Gasteiger partial charge in [-0.2, -0.15) is 4.98 Å². The average molecular weight is 301 g/mol. The van der Waals surface area contributed by atoms with E-state index in [0.717, 1.165) is 12.8 Å². The Bertz CT molecular complexity index is 558. The molecule has 1 atom stereocenters. The van der Waals surface area contributed by atoms with Crippen LogP contribution in [0, 0.1) is 0 Å². The van der Waals surface area contributed by atoms with Crippen molar-refractivity contribution in [2.75, 3.05) is 6.54 Å². The first kappa shape index (κ1) is 14.2. The molecule has 0 spiro atoms. The van der Waals surface area contributed by atoms with Crippen molar-refractivity contribution in [2.24, 2.45) is 5.73 Å². The van der Waals surface area contributed by atoms with E-state index in [-0.39, 0.29) is 5.92 Å². The van der Waals surface area contributed by atoms with Gasteiger partial charge in [0.2, 0.25) is 11.7 Å². The van der Waals surface area contributed by atoms with Crippen LogP contribution in [0.3, 0.4) is 0 Å². The van der Waals surface area contributed by atoms with Crippen molar-refractivity contribution < 1.29 is 4.52 Å². The quantitative estimate of drug-likeness (QED) is 0.917. The summed E-state index contributed by atoms with van der Waals surface area (Å²) in [5.41, 5.74) is 5.94. The van der Waals surface area contributed by atoms with Gasteiger partial charge in [-0.3, -0.25) is 0 Å². The molecule has 0 aromatic carbocycles. The Hall–Kier alpha value is -1.17. The van der Waals surface area contributed by atoms with E-state index in [9.17, 15) is 0 Å². The summed E-state index contributed by atoms with van der Waals surface area (Å²) in [5, 5.41) is 4.76. The fourth-order valence-corrected chi connectivity index (χ4v) is 2.12. The van der Waals surface area contributed by atoms with E-state index in [0.29, 0.717) is 34.0 Å². The molecule has 0 amide bonds. The number of halogens is 2. The molecule has 2 rings (SSSR count). The summed E-state index contributed by atoms with van der Waals surface area (Å²) < 4.78 is 5.23. The van der Waals surface area contributed by atoms with Gasteiger partial charge in [0.25, 0.3) is 0 Å². The van der Waals surface area contributed by atoms with Crippen molar-refractivity contribution in [1.82, 2.24) is 15.1 Å². The number of nitrogens with two attached hydrogens (primary N) is 1. The van der Waals surface area contributed by atoms with Gasteiger partial charge in [0.05, 0.1) is 10.0 Å². The van der Waals surface area contributed by atoms with Gasteiger partial charge in [0.15, 0.2) is 0 Å². The maximum absolute atomic E-state index is 6.05. The predicted octanol–water partition coefficient (Wildman–Crippen LogP) is 3.28. The molecule has 2 aromatic rings. The van der Waals surface area contributed by atoms with E-state index < -0.39 is 0 Å². The highest BCUT2D eigenvalue weighted by Gasteiger charge is 2.17. The zero-order valence-corrected chi connectivity index (χ0v) is 11.9. The fourth-order valence-electron chi connectivity index (χ4n) is 1.66. The summed E-state index contributed by atoms with van der Waals surface area (Å²) in [5.74, 6) is 1.10. The van der Waals surface area contributed by atoms with Gasteiger partial charge in [-0.15, -0.1) is 0 Å². The molecule has 0 aliphatic rings. The van der Waals surface area contributed by atoms with Crippen LogP contribution in [0.25, 0.3) is 11.5 Å². The normalized spacial score (nSPS) is 12.6. The first-order valence-electron chi connectivity index (χ1n) is 5.97. The van der Waals surface area contributed by atoms with Gasteiger partial charge in [-0.05, 0) is 25.5 Å². The Morgan fingerprint density at radius 3 is 2.89 bits per heavy atom. The van der Waals surface area contributed by atoms with Crippen LogP contribution in [0.2, 0.25) is 10.0 Å². The summed E-state index contributed by atoms with van der Waals surface area (Å²) in [6, 6.07) is 1.60. The molecule has 1 unspecified atom stereocenters. The smallest absolute Gasteiger partial charge is 0.229 e. The number of hydrogen-bond acceptors (Lipinski definition) is 5. The lowest BCUT2D eigenvalue weighted by atomic mass is 10.1. The van der Waals surface area contributed by atoms with Crippen LogP contribution in [-0.2, 0) is 0 Å². The molecule has 0 aliphatic heterocycles. The van der Waals surface area contributed by atoms with Crippen LogP contribution in [-0.4, -0.2) is 21.7 Å². The zero-order valence-electron chi connectivity index (χ0n) is 10.4. The van der Waals surface area contributed by atoms with Gasteiger partial charge in [-0.25, -0.2) is 4.98 Å². The molecule has 2 heterocycles. The molecule has 0 fully saturated rings. The molecule has 5 nitrogen and oxygen atoms in total. The number of pyridine rings is 1.